The molecule has 3 aliphatic rings. The van der Waals surface area contributed by atoms with E-state index in [0.717, 1.165) is 26.1 Å². The normalized spacial score (nSPS) is 18.1. The first kappa shape index (κ1) is 25.5. The minimum absolute atomic E-state index is 0.0232. The first-order chi connectivity index (χ1) is 17.9. The van der Waals surface area contributed by atoms with E-state index < -0.39 is 11.9 Å². The molecule has 0 atom stereocenters. The van der Waals surface area contributed by atoms with E-state index in [1.807, 2.05) is 42.5 Å². The molecule has 5 rings (SSSR count). The predicted octanol–water partition coefficient (Wildman–Crippen LogP) is 5.38. The van der Waals surface area contributed by atoms with Gasteiger partial charge in [-0.25, -0.2) is 0 Å². The van der Waals surface area contributed by atoms with Gasteiger partial charge in [-0.15, -0.1) is 0 Å². The van der Waals surface area contributed by atoms with Gasteiger partial charge in [0.05, 0.1) is 10.7 Å². The molecule has 0 fully saturated rings. The molecule has 192 valence electrons. The number of nitrogens with zero attached hydrogens (tertiary/aromatic N) is 1. The SMILES string of the molecule is COc1cc(C2C3=C(CCCC3=O)N(CC(=O)O)C3=C2C(=O)CCC3)cc(I)c1OCc1ccccc1. The summed E-state index contributed by atoms with van der Waals surface area (Å²) >= 11 is 2.20. The monoisotopic (exact) mass is 613 g/mol. The summed E-state index contributed by atoms with van der Waals surface area (Å²) in [6, 6.07) is 13.7. The summed E-state index contributed by atoms with van der Waals surface area (Å²) in [6.45, 7) is 0.125. The molecule has 1 N–H and O–H groups in total. The zero-order valence-electron chi connectivity index (χ0n) is 20.6. The summed E-state index contributed by atoms with van der Waals surface area (Å²) in [4.78, 5) is 40.2. The Morgan fingerprint density at radius 1 is 1.00 bits per heavy atom. The maximum absolute atomic E-state index is 13.4. The van der Waals surface area contributed by atoms with Gasteiger partial charge in [0.2, 0.25) is 0 Å². The van der Waals surface area contributed by atoms with Crippen LogP contribution in [0.2, 0.25) is 0 Å². The number of carboxylic acid groups (broad SMARTS) is 1. The number of hydrogen-bond donors (Lipinski definition) is 1. The highest BCUT2D eigenvalue weighted by Crippen LogP contribution is 2.50. The van der Waals surface area contributed by atoms with Gasteiger partial charge < -0.3 is 19.5 Å². The molecule has 0 saturated heterocycles. The fourth-order valence-electron chi connectivity index (χ4n) is 5.65. The zero-order chi connectivity index (χ0) is 26.1. The Kier molecular flexibility index (Phi) is 7.37. The lowest BCUT2D eigenvalue weighted by Gasteiger charge is -2.43. The quantitative estimate of drug-likeness (QED) is 0.420. The molecule has 0 saturated carbocycles. The van der Waals surface area contributed by atoms with E-state index in [9.17, 15) is 19.5 Å². The number of halogens is 1. The van der Waals surface area contributed by atoms with Crippen molar-refractivity contribution in [3.05, 3.63) is 79.7 Å². The van der Waals surface area contributed by atoms with Crippen LogP contribution >= 0.6 is 22.6 Å². The van der Waals surface area contributed by atoms with Gasteiger partial charge in [-0.05, 0) is 71.5 Å². The molecular formula is C29H28INO6. The molecular weight excluding hydrogens is 585 g/mol. The fraction of sp³-hybridized carbons (Fsp3) is 0.345. The van der Waals surface area contributed by atoms with Gasteiger partial charge in [-0.2, -0.15) is 0 Å². The fourth-order valence-corrected chi connectivity index (χ4v) is 6.43. The molecule has 0 amide bonds. The summed E-state index contributed by atoms with van der Waals surface area (Å²) in [6.07, 6.45) is 3.35. The first-order valence-electron chi connectivity index (χ1n) is 12.4. The van der Waals surface area contributed by atoms with Crippen molar-refractivity contribution in [3.63, 3.8) is 0 Å². The second-order valence-electron chi connectivity index (χ2n) is 9.50. The largest absolute Gasteiger partial charge is 0.493 e. The minimum atomic E-state index is -0.982. The maximum Gasteiger partial charge on any atom is 0.323 e. The molecule has 0 aromatic heterocycles. The Bertz CT molecular complexity index is 1290. The van der Waals surface area contributed by atoms with Crippen molar-refractivity contribution < 1.29 is 29.0 Å². The van der Waals surface area contributed by atoms with Crippen LogP contribution in [0.4, 0.5) is 0 Å². The number of Topliss-reactive ketones (excluding diaryl/α,β-unsaturated/α-hetero) is 2. The molecule has 0 radical (unpaired) electrons. The molecule has 0 spiro atoms. The highest BCUT2D eigenvalue weighted by atomic mass is 127. The highest BCUT2D eigenvalue weighted by Gasteiger charge is 2.44. The minimum Gasteiger partial charge on any atom is -0.493 e. The summed E-state index contributed by atoms with van der Waals surface area (Å²) in [5.41, 5.74) is 4.41. The summed E-state index contributed by atoms with van der Waals surface area (Å²) in [7, 11) is 1.58. The van der Waals surface area contributed by atoms with Crippen molar-refractivity contribution in [2.45, 2.75) is 51.0 Å². The van der Waals surface area contributed by atoms with Crippen LogP contribution in [-0.2, 0) is 21.0 Å². The summed E-state index contributed by atoms with van der Waals surface area (Å²) in [5, 5.41) is 9.64. The number of hydrogen-bond acceptors (Lipinski definition) is 6. The Balaban J connectivity index is 1.62. The average Bonchev–Trinajstić information content (AvgIpc) is 2.88. The topological polar surface area (TPSA) is 93.1 Å². The van der Waals surface area contributed by atoms with Crippen molar-refractivity contribution in [2.24, 2.45) is 0 Å². The van der Waals surface area contributed by atoms with Gasteiger partial charge in [-0.3, -0.25) is 14.4 Å². The van der Waals surface area contributed by atoms with Crippen molar-refractivity contribution in [2.75, 3.05) is 13.7 Å². The van der Waals surface area contributed by atoms with E-state index in [-0.39, 0.29) is 18.1 Å². The van der Waals surface area contributed by atoms with E-state index in [1.54, 1.807) is 12.0 Å². The molecule has 2 aromatic carbocycles. The van der Waals surface area contributed by atoms with Crippen LogP contribution in [0.3, 0.4) is 0 Å². The van der Waals surface area contributed by atoms with Gasteiger partial charge in [-0.1, -0.05) is 30.3 Å². The second kappa shape index (κ2) is 10.7. The van der Waals surface area contributed by atoms with Crippen molar-refractivity contribution in [1.82, 2.24) is 4.90 Å². The van der Waals surface area contributed by atoms with Crippen molar-refractivity contribution in [1.29, 1.82) is 0 Å². The van der Waals surface area contributed by atoms with Gasteiger partial charge >= 0.3 is 5.97 Å². The van der Waals surface area contributed by atoms with Gasteiger partial charge in [0.1, 0.15) is 13.2 Å². The van der Waals surface area contributed by atoms with Crippen LogP contribution in [0, 0.1) is 3.57 Å². The predicted molar refractivity (Wildman–Crippen MR) is 145 cm³/mol. The third-order valence-corrected chi connectivity index (χ3v) is 7.99. The number of rotatable bonds is 7. The average molecular weight is 613 g/mol. The number of carboxylic acids is 1. The van der Waals surface area contributed by atoms with E-state index in [2.05, 4.69) is 22.6 Å². The van der Waals surface area contributed by atoms with Gasteiger partial charge in [0.25, 0.3) is 0 Å². The van der Waals surface area contributed by atoms with Crippen LogP contribution in [0.5, 0.6) is 11.5 Å². The lowest BCUT2D eigenvalue weighted by Crippen LogP contribution is -2.41. The number of methoxy groups -OCH3 is 1. The molecule has 0 unspecified atom stereocenters. The number of allylic oxidation sites excluding steroid dienone is 4. The molecule has 2 aliphatic carbocycles. The maximum atomic E-state index is 13.4. The Labute approximate surface area is 229 Å². The van der Waals surface area contributed by atoms with Crippen LogP contribution in [0.25, 0.3) is 0 Å². The van der Waals surface area contributed by atoms with E-state index >= 15 is 0 Å². The van der Waals surface area contributed by atoms with Crippen LogP contribution < -0.4 is 9.47 Å². The molecule has 0 bridgehead atoms. The number of carbonyl (C=O) groups is 3. The Hall–Kier alpha value is -3.14. The molecule has 8 heteroatoms. The van der Waals surface area contributed by atoms with Gasteiger partial charge in [0, 0.05) is 41.3 Å². The number of benzene rings is 2. The number of ketones is 2. The van der Waals surface area contributed by atoms with Crippen LogP contribution in [0.15, 0.2) is 65.0 Å². The van der Waals surface area contributed by atoms with E-state index in [0.29, 0.717) is 67.8 Å². The van der Waals surface area contributed by atoms with Crippen molar-refractivity contribution in [3.8, 4) is 11.5 Å². The molecule has 2 aromatic rings. The molecule has 7 nitrogen and oxygen atoms in total. The lowest BCUT2D eigenvalue weighted by molar-refractivity contribution is -0.138. The van der Waals surface area contributed by atoms with Crippen molar-refractivity contribution >= 4 is 40.1 Å². The smallest absolute Gasteiger partial charge is 0.323 e. The first-order valence-corrected chi connectivity index (χ1v) is 13.5. The molecule has 1 aliphatic heterocycles. The lowest BCUT2D eigenvalue weighted by atomic mass is 9.71. The number of ether oxygens (including phenoxy) is 2. The highest BCUT2D eigenvalue weighted by molar-refractivity contribution is 14.1. The second-order valence-corrected chi connectivity index (χ2v) is 10.7. The summed E-state index contributed by atoms with van der Waals surface area (Å²) in [5.74, 6) is -0.436. The third kappa shape index (κ3) is 4.91. The molecule has 37 heavy (non-hydrogen) atoms. The Morgan fingerprint density at radius 2 is 1.62 bits per heavy atom. The Morgan fingerprint density at radius 3 is 2.19 bits per heavy atom. The van der Waals surface area contributed by atoms with E-state index in [4.69, 9.17) is 9.47 Å². The van der Waals surface area contributed by atoms with Crippen LogP contribution in [-0.4, -0.2) is 41.2 Å². The number of carbonyl (C=O) groups excluding carboxylic acids is 2. The zero-order valence-corrected chi connectivity index (χ0v) is 22.7. The van der Waals surface area contributed by atoms with Gasteiger partial charge in [0.15, 0.2) is 23.1 Å². The standard InChI is InChI=1S/C29H28INO6/c1-36-24-14-18(13-19(30)29(24)37-16-17-7-3-2-4-8-17)26-27-20(9-5-11-22(27)32)31(15-25(34)35)21-10-6-12-23(33)28(21)26/h2-4,7-8,13-14,26H,5-6,9-12,15-16H2,1H3,(H,34,35). The third-order valence-electron chi connectivity index (χ3n) is 7.19. The molecule has 1 heterocycles. The van der Waals surface area contributed by atoms with Crippen LogP contribution in [0.1, 0.15) is 55.6 Å². The number of aliphatic carboxylic acids is 1. The van der Waals surface area contributed by atoms with E-state index in [1.165, 1.54) is 0 Å². The summed E-state index contributed by atoms with van der Waals surface area (Å²) < 4.78 is 12.7.